The van der Waals surface area contributed by atoms with Crippen LogP contribution in [0.1, 0.15) is 0 Å². The Kier molecular flexibility index (Phi) is 2.53. The van der Waals surface area contributed by atoms with Crippen molar-refractivity contribution in [1.82, 2.24) is 19.9 Å². The van der Waals surface area contributed by atoms with Gasteiger partial charge in [0, 0.05) is 27.8 Å². The molecule has 0 saturated heterocycles. The van der Waals surface area contributed by atoms with Gasteiger partial charge in [-0.25, -0.2) is 9.97 Å². The fourth-order valence-corrected chi connectivity index (χ4v) is 2.63. The summed E-state index contributed by atoms with van der Waals surface area (Å²) in [6.45, 7) is 0. The lowest BCUT2D eigenvalue weighted by Crippen LogP contribution is -1.85. The molecule has 4 nitrogen and oxygen atoms in total. The molecule has 4 aromatic rings. The number of fused-ring (bicyclic) bond motifs is 2. The fraction of sp³-hybridized carbons (Fsp3) is 0. The smallest absolute Gasteiger partial charge is 0.178 e. The van der Waals surface area contributed by atoms with Gasteiger partial charge in [-0.2, -0.15) is 0 Å². The first kappa shape index (κ1) is 11.5. The van der Waals surface area contributed by atoms with Gasteiger partial charge < -0.3 is 4.98 Å². The summed E-state index contributed by atoms with van der Waals surface area (Å²) in [4.78, 5) is 16.6. The maximum absolute atomic E-state index is 4.55. The molecule has 5 heteroatoms. The van der Waals surface area contributed by atoms with Gasteiger partial charge >= 0.3 is 0 Å². The van der Waals surface area contributed by atoms with Crippen molar-refractivity contribution in [2.24, 2.45) is 0 Å². The minimum absolute atomic E-state index is 0.705. The summed E-state index contributed by atoms with van der Waals surface area (Å²) in [6.07, 6.45) is 3.54. The van der Waals surface area contributed by atoms with Crippen LogP contribution in [-0.2, 0) is 0 Å². The topological polar surface area (TPSA) is 54.5 Å². The van der Waals surface area contributed by atoms with Crippen molar-refractivity contribution in [1.29, 1.82) is 0 Å². The van der Waals surface area contributed by atoms with Crippen molar-refractivity contribution in [2.45, 2.75) is 0 Å². The van der Waals surface area contributed by atoms with Crippen molar-refractivity contribution in [3.05, 3.63) is 53.3 Å². The summed E-state index contributed by atoms with van der Waals surface area (Å²) in [5.74, 6) is 0.787. The second-order valence-corrected chi connectivity index (χ2v) is 5.41. The molecule has 0 unspecified atom stereocenters. The molecule has 0 spiro atoms. The van der Waals surface area contributed by atoms with E-state index >= 15 is 0 Å². The van der Waals surface area contributed by atoms with E-state index < -0.39 is 0 Å². The van der Waals surface area contributed by atoms with Crippen LogP contribution in [0, 0.1) is 0 Å². The zero-order chi connectivity index (χ0) is 13.5. The van der Waals surface area contributed by atoms with Crippen LogP contribution in [-0.4, -0.2) is 19.9 Å². The molecule has 3 heterocycles. The van der Waals surface area contributed by atoms with Gasteiger partial charge in [0.05, 0.1) is 11.0 Å². The Morgan fingerprint density at radius 1 is 1.05 bits per heavy atom. The molecule has 0 bridgehead atoms. The zero-order valence-corrected chi connectivity index (χ0v) is 11.9. The van der Waals surface area contributed by atoms with Crippen molar-refractivity contribution in [3.63, 3.8) is 0 Å². The highest BCUT2D eigenvalue weighted by Gasteiger charge is 2.10. The average molecular weight is 325 g/mol. The third-order valence-electron chi connectivity index (χ3n) is 3.19. The van der Waals surface area contributed by atoms with Gasteiger partial charge in [0.15, 0.2) is 5.65 Å². The third-order valence-corrected chi connectivity index (χ3v) is 3.63. The molecule has 0 saturated carbocycles. The number of nitrogens with zero attached hydrogens (tertiary/aromatic N) is 3. The van der Waals surface area contributed by atoms with Gasteiger partial charge in [0.1, 0.15) is 5.82 Å². The number of nitrogens with one attached hydrogen (secondary N) is 1. The van der Waals surface area contributed by atoms with Crippen LogP contribution in [0.4, 0.5) is 0 Å². The largest absolute Gasteiger partial charge is 0.336 e. The number of imidazole rings is 1. The SMILES string of the molecule is Brc1cnc2nc(-c3cccc4cccnc34)[nH]c2c1. The molecule has 3 aromatic heterocycles. The molecule has 96 valence electrons. The maximum atomic E-state index is 4.55. The second-order valence-electron chi connectivity index (χ2n) is 4.49. The van der Waals surface area contributed by atoms with E-state index in [4.69, 9.17) is 0 Å². The zero-order valence-electron chi connectivity index (χ0n) is 10.3. The lowest BCUT2D eigenvalue weighted by Gasteiger charge is -2.01. The first-order chi connectivity index (χ1) is 9.81. The van der Waals surface area contributed by atoms with E-state index in [9.17, 15) is 0 Å². The number of para-hydroxylation sites is 1. The van der Waals surface area contributed by atoms with Gasteiger partial charge in [-0.15, -0.1) is 0 Å². The minimum atomic E-state index is 0.705. The molecular formula is C15H9BrN4. The highest BCUT2D eigenvalue weighted by atomic mass is 79.9. The first-order valence-electron chi connectivity index (χ1n) is 6.17. The molecular weight excluding hydrogens is 316 g/mol. The van der Waals surface area contributed by atoms with E-state index in [-0.39, 0.29) is 0 Å². The van der Waals surface area contributed by atoms with Crippen molar-refractivity contribution in [2.75, 3.05) is 0 Å². The van der Waals surface area contributed by atoms with Crippen molar-refractivity contribution in [3.8, 4) is 11.4 Å². The molecule has 0 fully saturated rings. The van der Waals surface area contributed by atoms with E-state index in [1.54, 1.807) is 12.4 Å². The predicted octanol–water partition coefficient (Wildman–Crippen LogP) is 3.94. The quantitative estimate of drug-likeness (QED) is 0.577. The van der Waals surface area contributed by atoms with E-state index in [2.05, 4.69) is 35.9 Å². The van der Waals surface area contributed by atoms with E-state index in [1.165, 1.54) is 0 Å². The molecule has 0 atom stereocenters. The number of aromatic nitrogens is 4. The number of H-pyrrole nitrogens is 1. The number of benzene rings is 1. The molecule has 0 aliphatic carbocycles. The summed E-state index contributed by atoms with van der Waals surface area (Å²) in [7, 11) is 0. The van der Waals surface area contributed by atoms with Crippen LogP contribution in [0.25, 0.3) is 33.5 Å². The summed E-state index contributed by atoms with van der Waals surface area (Å²) in [5, 5.41) is 1.10. The molecule has 4 rings (SSSR count). The average Bonchev–Trinajstić information content (AvgIpc) is 2.89. The van der Waals surface area contributed by atoms with Crippen LogP contribution in [0.15, 0.2) is 53.3 Å². The second kappa shape index (κ2) is 4.38. The lowest BCUT2D eigenvalue weighted by molar-refractivity contribution is 1.29. The normalized spacial score (nSPS) is 11.2. The standard InChI is InChI=1S/C15H9BrN4/c16-10-7-12-15(18-8-10)20-14(19-12)11-5-1-3-9-4-2-6-17-13(9)11/h1-8H,(H,18,19,20). The van der Waals surface area contributed by atoms with E-state index in [0.717, 1.165) is 32.3 Å². The molecule has 1 aromatic carbocycles. The van der Waals surface area contributed by atoms with Gasteiger partial charge in [-0.05, 0) is 34.1 Å². The molecule has 0 aliphatic rings. The van der Waals surface area contributed by atoms with E-state index in [0.29, 0.717) is 5.65 Å². The monoisotopic (exact) mass is 324 g/mol. The minimum Gasteiger partial charge on any atom is -0.336 e. The lowest BCUT2D eigenvalue weighted by atomic mass is 10.1. The number of aromatic amines is 1. The Balaban J connectivity index is 2.01. The number of pyridine rings is 2. The highest BCUT2D eigenvalue weighted by Crippen LogP contribution is 2.26. The Labute approximate surface area is 123 Å². The Hall–Kier alpha value is -2.27. The highest BCUT2D eigenvalue weighted by molar-refractivity contribution is 9.10. The molecule has 20 heavy (non-hydrogen) atoms. The Morgan fingerprint density at radius 3 is 2.90 bits per heavy atom. The van der Waals surface area contributed by atoms with Crippen LogP contribution in [0.5, 0.6) is 0 Å². The van der Waals surface area contributed by atoms with Gasteiger partial charge in [-0.3, -0.25) is 4.98 Å². The summed E-state index contributed by atoms with van der Waals surface area (Å²) >= 11 is 3.42. The van der Waals surface area contributed by atoms with Crippen LogP contribution in [0.2, 0.25) is 0 Å². The molecule has 0 aliphatic heterocycles. The van der Waals surface area contributed by atoms with Gasteiger partial charge in [0.2, 0.25) is 0 Å². The van der Waals surface area contributed by atoms with Crippen molar-refractivity contribution >= 4 is 38.0 Å². The third kappa shape index (κ3) is 1.78. The van der Waals surface area contributed by atoms with Crippen LogP contribution in [0.3, 0.4) is 0 Å². The van der Waals surface area contributed by atoms with E-state index in [1.807, 2.05) is 36.4 Å². The van der Waals surface area contributed by atoms with Gasteiger partial charge in [-0.1, -0.05) is 18.2 Å². The fourth-order valence-electron chi connectivity index (χ4n) is 2.30. The predicted molar refractivity (Wildman–Crippen MR) is 82.3 cm³/mol. The first-order valence-corrected chi connectivity index (χ1v) is 6.96. The molecule has 0 radical (unpaired) electrons. The number of hydrogen-bond donors (Lipinski definition) is 1. The van der Waals surface area contributed by atoms with Crippen molar-refractivity contribution < 1.29 is 0 Å². The number of halogens is 1. The summed E-state index contributed by atoms with van der Waals surface area (Å²) in [6, 6.07) is 12.0. The molecule has 0 amide bonds. The van der Waals surface area contributed by atoms with Gasteiger partial charge in [0.25, 0.3) is 0 Å². The Morgan fingerprint density at radius 2 is 1.95 bits per heavy atom. The molecule has 1 N–H and O–H groups in total. The summed E-state index contributed by atoms with van der Waals surface area (Å²) < 4.78 is 0.927. The summed E-state index contributed by atoms with van der Waals surface area (Å²) in [5.41, 5.74) is 3.53. The Bertz CT molecular complexity index is 924. The van der Waals surface area contributed by atoms with Crippen LogP contribution < -0.4 is 0 Å². The number of hydrogen-bond acceptors (Lipinski definition) is 3. The maximum Gasteiger partial charge on any atom is 0.178 e. The number of rotatable bonds is 1. The van der Waals surface area contributed by atoms with Crippen LogP contribution >= 0.6 is 15.9 Å².